The first-order valence-corrected chi connectivity index (χ1v) is 20.5. The van der Waals surface area contributed by atoms with Gasteiger partial charge in [-0.15, -0.1) is 0 Å². The molecular weight excluding hydrogens is 701 g/mol. The summed E-state index contributed by atoms with van der Waals surface area (Å²) in [5.74, 6) is -2.97. The van der Waals surface area contributed by atoms with Gasteiger partial charge in [0, 0.05) is 0 Å². The number of carbonyl (C=O) groups excluding carboxylic acids is 3. The molecule has 5 rings (SSSR count). The summed E-state index contributed by atoms with van der Waals surface area (Å²) in [5.41, 5.74) is 1.30. The summed E-state index contributed by atoms with van der Waals surface area (Å²) in [5, 5.41) is -0.928. The molecule has 14 heteroatoms. The van der Waals surface area contributed by atoms with Gasteiger partial charge < -0.3 is 14.2 Å². The van der Waals surface area contributed by atoms with E-state index in [1.165, 1.54) is 36.5 Å². The quantitative estimate of drug-likeness (QED) is 0.130. The highest BCUT2D eigenvalue weighted by molar-refractivity contribution is 7.91. The normalized spacial score (nSPS) is 22.4. The van der Waals surface area contributed by atoms with Crippen LogP contribution in [-0.4, -0.2) is 71.5 Å². The molecule has 2 fully saturated rings. The smallest absolute Gasteiger partial charge is 0.338 e. The number of hydrogen-bond donors (Lipinski definition) is 0. The van der Waals surface area contributed by atoms with E-state index >= 15 is 0 Å². The topological polar surface area (TPSA) is 166 Å². The molecule has 278 valence electrons. The van der Waals surface area contributed by atoms with E-state index in [9.17, 15) is 31.2 Å². The zero-order valence-electron chi connectivity index (χ0n) is 28.8. The van der Waals surface area contributed by atoms with Crippen molar-refractivity contribution in [2.24, 2.45) is 5.92 Å². The number of allylic oxidation sites excluding steroid dienone is 3. The van der Waals surface area contributed by atoms with Gasteiger partial charge in [0.05, 0.1) is 34.2 Å². The van der Waals surface area contributed by atoms with E-state index < -0.39 is 68.6 Å². The van der Waals surface area contributed by atoms with Gasteiger partial charge in [-0.3, -0.25) is 13.2 Å². The Morgan fingerprint density at radius 2 is 1.35 bits per heavy atom. The summed E-state index contributed by atoms with van der Waals surface area (Å²) in [6.45, 7) is 0.966. The van der Waals surface area contributed by atoms with Crippen molar-refractivity contribution in [3.8, 4) is 0 Å². The summed E-state index contributed by atoms with van der Waals surface area (Å²) in [6, 6.07) is 6.63. The minimum Gasteiger partial charge on any atom is -0.461 e. The third kappa shape index (κ3) is 11.2. The van der Waals surface area contributed by atoms with Crippen LogP contribution in [0.3, 0.4) is 0 Å². The zero-order chi connectivity index (χ0) is 36.4. The molecule has 51 heavy (non-hydrogen) atoms. The van der Waals surface area contributed by atoms with Crippen LogP contribution in [0.25, 0.3) is 0 Å². The van der Waals surface area contributed by atoms with Crippen molar-refractivity contribution in [1.82, 2.24) is 0 Å². The van der Waals surface area contributed by atoms with Crippen molar-refractivity contribution in [1.29, 1.82) is 0 Å². The SMILES string of the molecule is Cc1ccc(C(=O)OC(COC(=O)C2=CCC(S(=O)(=O)OC3CCCCC3)C=C2)COC(=O)C2C=CC(S(=O)(=O)OC3CCCCC3)=CC2)cc1. The highest BCUT2D eigenvalue weighted by Gasteiger charge is 2.32. The van der Waals surface area contributed by atoms with Gasteiger partial charge in [0.2, 0.25) is 0 Å². The first-order chi connectivity index (χ1) is 24.4. The maximum absolute atomic E-state index is 13.0. The molecule has 0 N–H and O–H groups in total. The number of carbonyl (C=O) groups is 3. The van der Waals surface area contributed by atoms with Crippen molar-refractivity contribution in [2.45, 2.75) is 108 Å². The van der Waals surface area contributed by atoms with Gasteiger partial charge in [-0.2, -0.15) is 16.8 Å². The Hall–Kier alpha value is -3.59. The number of benzene rings is 1. The van der Waals surface area contributed by atoms with E-state index in [1.807, 2.05) is 6.92 Å². The first-order valence-electron chi connectivity index (χ1n) is 17.6. The summed E-state index contributed by atoms with van der Waals surface area (Å²) >= 11 is 0. The molecule has 0 spiro atoms. The van der Waals surface area contributed by atoms with Gasteiger partial charge in [0.1, 0.15) is 18.5 Å². The summed E-state index contributed by atoms with van der Waals surface area (Å²) in [7, 11) is -7.85. The fourth-order valence-corrected chi connectivity index (χ4v) is 8.83. The second-order valence-electron chi connectivity index (χ2n) is 13.4. The number of aryl methyl sites for hydroxylation is 1. The molecular formula is C37H46O12S2. The lowest BCUT2D eigenvalue weighted by Gasteiger charge is -2.24. The molecule has 4 aliphatic rings. The fourth-order valence-electron chi connectivity index (χ4n) is 6.30. The molecule has 0 saturated heterocycles. The molecule has 0 aromatic heterocycles. The Morgan fingerprint density at radius 3 is 1.94 bits per heavy atom. The van der Waals surface area contributed by atoms with Crippen molar-refractivity contribution in [3.63, 3.8) is 0 Å². The van der Waals surface area contributed by atoms with Crippen LogP contribution in [0.2, 0.25) is 0 Å². The minimum absolute atomic E-state index is 0.0133. The monoisotopic (exact) mass is 746 g/mol. The van der Waals surface area contributed by atoms with Gasteiger partial charge in [0.25, 0.3) is 20.2 Å². The minimum atomic E-state index is -3.97. The molecule has 0 radical (unpaired) electrons. The molecule has 4 aliphatic carbocycles. The van der Waals surface area contributed by atoms with Crippen molar-refractivity contribution in [2.75, 3.05) is 13.2 Å². The predicted molar refractivity (Wildman–Crippen MR) is 187 cm³/mol. The third-order valence-corrected chi connectivity index (χ3v) is 12.4. The van der Waals surface area contributed by atoms with Gasteiger partial charge in [-0.25, -0.2) is 9.59 Å². The lowest BCUT2D eigenvalue weighted by Crippen LogP contribution is -2.32. The van der Waals surface area contributed by atoms with E-state index in [-0.39, 0.29) is 41.1 Å². The largest absolute Gasteiger partial charge is 0.461 e. The van der Waals surface area contributed by atoms with Crippen LogP contribution >= 0.6 is 0 Å². The van der Waals surface area contributed by atoms with E-state index in [2.05, 4.69) is 0 Å². The highest BCUT2D eigenvalue weighted by Crippen LogP contribution is 2.29. The van der Waals surface area contributed by atoms with E-state index in [4.69, 9.17) is 22.6 Å². The molecule has 3 unspecified atom stereocenters. The molecule has 1 aromatic rings. The average molecular weight is 747 g/mol. The molecule has 0 bridgehead atoms. The standard InChI is InChI=1S/C37H46O12S2/c1-26-12-14-29(15-13-26)37(40)47-32(24-45-35(38)27-16-20-33(21-17-27)50(41,42)48-30-8-4-2-5-9-30)25-46-36(39)28-18-22-34(23-19-28)51(43,44)49-31-10-6-3-7-11-31/h12-18,20,22-23,28,30-33H,2-11,19,21,24-25H2,1H3. The van der Waals surface area contributed by atoms with E-state index in [1.54, 1.807) is 24.3 Å². The van der Waals surface area contributed by atoms with Crippen molar-refractivity contribution in [3.05, 3.63) is 82.3 Å². The fraction of sp³-hybridized carbons (Fsp3) is 0.541. The number of esters is 3. The molecule has 3 atom stereocenters. The maximum atomic E-state index is 13.0. The van der Waals surface area contributed by atoms with E-state index in [0.717, 1.165) is 44.1 Å². The number of ether oxygens (including phenoxy) is 3. The van der Waals surface area contributed by atoms with Gasteiger partial charge >= 0.3 is 17.9 Å². The molecule has 0 heterocycles. The molecule has 0 amide bonds. The lowest BCUT2D eigenvalue weighted by atomic mass is 9.98. The van der Waals surface area contributed by atoms with Crippen LogP contribution in [0.1, 0.15) is 93.0 Å². The number of rotatable bonds is 14. The Morgan fingerprint density at radius 1 is 0.725 bits per heavy atom. The Bertz CT molecular complexity index is 1740. The van der Waals surface area contributed by atoms with Crippen molar-refractivity contribution < 1.29 is 53.8 Å². The second kappa shape index (κ2) is 17.8. The second-order valence-corrected chi connectivity index (χ2v) is 16.7. The Kier molecular flexibility index (Phi) is 13.5. The van der Waals surface area contributed by atoms with Crippen LogP contribution in [0.4, 0.5) is 0 Å². The van der Waals surface area contributed by atoms with Gasteiger partial charge in [-0.05, 0) is 63.7 Å². The van der Waals surface area contributed by atoms with Crippen molar-refractivity contribution >= 4 is 38.1 Å². The molecule has 1 aromatic carbocycles. The average Bonchev–Trinajstić information content (AvgIpc) is 3.13. The third-order valence-electron chi connectivity index (χ3n) is 9.33. The Labute approximate surface area is 300 Å². The van der Waals surface area contributed by atoms with E-state index in [0.29, 0.717) is 25.7 Å². The Balaban J connectivity index is 1.15. The van der Waals surface area contributed by atoms with Crippen LogP contribution < -0.4 is 0 Å². The summed E-state index contributed by atoms with van der Waals surface area (Å²) in [4.78, 5) is 38.8. The van der Waals surface area contributed by atoms with Crippen LogP contribution in [0.5, 0.6) is 0 Å². The van der Waals surface area contributed by atoms with Crippen LogP contribution in [-0.2, 0) is 52.4 Å². The number of hydrogen-bond acceptors (Lipinski definition) is 12. The summed E-state index contributed by atoms with van der Waals surface area (Å²) in [6.07, 6.45) is 15.2. The zero-order valence-corrected chi connectivity index (χ0v) is 30.4. The molecule has 12 nitrogen and oxygen atoms in total. The maximum Gasteiger partial charge on any atom is 0.338 e. The van der Waals surface area contributed by atoms with Gasteiger partial charge in [-0.1, -0.05) is 86.6 Å². The molecule has 0 aliphatic heterocycles. The highest BCUT2D eigenvalue weighted by atomic mass is 32.2. The first kappa shape index (κ1) is 38.6. The molecule has 2 saturated carbocycles. The van der Waals surface area contributed by atoms with Crippen LogP contribution in [0, 0.1) is 12.8 Å². The van der Waals surface area contributed by atoms with Gasteiger partial charge in [0.15, 0.2) is 6.10 Å². The lowest BCUT2D eigenvalue weighted by molar-refractivity contribution is -0.153. The summed E-state index contributed by atoms with van der Waals surface area (Å²) < 4.78 is 78.5. The predicted octanol–water partition coefficient (Wildman–Crippen LogP) is 5.68. The van der Waals surface area contributed by atoms with Crippen LogP contribution in [0.15, 0.2) is 71.2 Å².